The molecule has 2 fully saturated rings. The molecule has 1 aromatic rings. The number of anilines is 1. The molecule has 1 saturated carbocycles. The van der Waals surface area contributed by atoms with E-state index in [1.807, 2.05) is 0 Å². The highest BCUT2D eigenvalue weighted by Crippen LogP contribution is 2.34. The normalized spacial score (nSPS) is 20.5. The van der Waals surface area contributed by atoms with Crippen molar-refractivity contribution in [3.63, 3.8) is 0 Å². The molecule has 1 aromatic carbocycles. The molecule has 1 unspecified atom stereocenters. The summed E-state index contributed by atoms with van der Waals surface area (Å²) in [4.78, 5) is 36.4. The van der Waals surface area contributed by atoms with Crippen LogP contribution in [0.15, 0.2) is 18.2 Å². The van der Waals surface area contributed by atoms with Crippen molar-refractivity contribution in [3.05, 3.63) is 28.3 Å². The molecule has 1 heterocycles. The van der Waals surface area contributed by atoms with E-state index in [-0.39, 0.29) is 35.7 Å². The van der Waals surface area contributed by atoms with Gasteiger partial charge in [0.25, 0.3) is 5.69 Å². The minimum Gasteiger partial charge on any atom is -0.495 e. The number of nitro benzene ring substituents is 1. The molecule has 0 aromatic heterocycles. The van der Waals surface area contributed by atoms with Crippen molar-refractivity contribution in [1.82, 2.24) is 4.90 Å². The fourth-order valence-electron chi connectivity index (χ4n) is 2.79. The van der Waals surface area contributed by atoms with Gasteiger partial charge in [0.1, 0.15) is 5.75 Å². The number of ether oxygens (including phenoxy) is 1. The van der Waals surface area contributed by atoms with Crippen LogP contribution < -0.4 is 10.1 Å². The maximum atomic E-state index is 12.4. The SMILES string of the molecule is COc1ccc([N+](=O)[O-])cc1NC(=O)C1CC(=O)N(C2CC2)C1. The second-order valence-electron chi connectivity index (χ2n) is 5.81. The average molecular weight is 319 g/mol. The van der Waals surface area contributed by atoms with Crippen molar-refractivity contribution >= 4 is 23.2 Å². The van der Waals surface area contributed by atoms with Crippen LogP contribution in [0.4, 0.5) is 11.4 Å². The Morgan fingerprint density at radius 2 is 2.17 bits per heavy atom. The zero-order valence-corrected chi connectivity index (χ0v) is 12.7. The summed E-state index contributed by atoms with van der Waals surface area (Å²) in [7, 11) is 1.42. The fraction of sp³-hybridized carbons (Fsp3) is 0.467. The summed E-state index contributed by atoms with van der Waals surface area (Å²) in [5.41, 5.74) is 0.104. The van der Waals surface area contributed by atoms with Gasteiger partial charge < -0.3 is 15.0 Å². The maximum absolute atomic E-state index is 12.4. The Kier molecular flexibility index (Phi) is 3.89. The molecular formula is C15H17N3O5. The number of carbonyl (C=O) groups is 2. The molecule has 0 radical (unpaired) electrons. The molecule has 3 rings (SSSR count). The summed E-state index contributed by atoms with van der Waals surface area (Å²) in [6.45, 7) is 0.409. The number of benzene rings is 1. The lowest BCUT2D eigenvalue weighted by atomic mass is 10.1. The quantitative estimate of drug-likeness (QED) is 0.655. The van der Waals surface area contributed by atoms with Gasteiger partial charge in [-0.2, -0.15) is 0 Å². The molecule has 2 aliphatic rings. The largest absolute Gasteiger partial charge is 0.495 e. The van der Waals surface area contributed by atoms with E-state index in [0.29, 0.717) is 12.3 Å². The molecule has 1 saturated heterocycles. The Balaban J connectivity index is 1.73. The third-order valence-electron chi connectivity index (χ3n) is 4.17. The van der Waals surface area contributed by atoms with Crippen molar-refractivity contribution in [3.8, 4) is 5.75 Å². The molecule has 122 valence electrons. The maximum Gasteiger partial charge on any atom is 0.271 e. The molecule has 2 amide bonds. The summed E-state index contributed by atoms with van der Waals surface area (Å²) in [5, 5.41) is 13.5. The van der Waals surface area contributed by atoms with Gasteiger partial charge in [0.2, 0.25) is 11.8 Å². The molecule has 8 nitrogen and oxygen atoms in total. The minimum atomic E-state index is -0.539. The van der Waals surface area contributed by atoms with Gasteiger partial charge in [-0.3, -0.25) is 19.7 Å². The number of hydrogen-bond acceptors (Lipinski definition) is 5. The zero-order chi connectivity index (χ0) is 16.6. The number of hydrogen-bond donors (Lipinski definition) is 1. The van der Waals surface area contributed by atoms with Crippen molar-refractivity contribution in [2.75, 3.05) is 19.0 Å². The predicted molar refractivity (Wildman–Crippen MR) is 81.1 cm³/mol. The lowest BCUT2D eigenvalue weighted by Crippen LogP contribution is -2.29. The van der Waals surface area contributed by atoms with Crippen LogP contribution in [0.25, 0.3) is 0 Å². The van der Waals surface area contributed by atoms with E-state index in [1.165, 1.54) is 25.3 Å². The second kappa shape index (κ2) is 5.86. The van der Waals surface area contributed by atoms with E-state index in [0.717, 1.165) is 12.8 Å². The lowest BCUT2D eigenvalue weighted by molar-refractivity contribution is -0.384. The van der Waals surface area contributed by atoms with Crippen LogP contribution in [0.3, 0.4) is 0 Å². The highest BCUT2D eigenvalue weighted by Gasteiger charge is 2.41. The first kappa shape index (κ1) is 15.3. The number of nitrogens with one attached hydrogen (secondary N) is 1. The van der Waals surface area contributed by atoms with Crippen LogP contribution in [0.5, 0.6) is 5.75 Å². The Morgan fingerprint density at radius 3 is 2.78 bits per heavy atom. The van der Waals surface area contributed by atoms with E-state index in [9.17, 15) is 19.7 Å². The molecule has 0 bridgehead atoms. The van der Waals surface area contributed by atoms with Gasteiger partial charge in [0, 0.05) is 31.1 Å². The Labute approximate surface area is 132 Å². The van der Waals surface area contributed by atoms with Crippen LogP contribution in [-0.2, 0) is 9.59 Å². The van der Waals surface area contributed by atoms with Crippen LogP contribution in [0.2, 0.25) is 0 Å². The van der Waals surface area contributed by atoms with E-state index < -0.39 is 10.8 Å². The van der Waals surface area contributed by atoms with E-state index in [2.05, 4.69) is 5.32 Å². The highest BCUT2D eigenvalue weighted by atomic mass is 16.6. The van der Waals surface area contributed by atoms with Crippen molar-refractivity contribution in [2.45, 2.75) is 25.3 Å². The summed E-state index contributed by atoms with van der Waals surface area (Å²) >= 11 is 0. The van der Waals surface area contributed by atoms with Crippen LogP contribution in [0, 0.1) is 16.0 Å². The third-order valence-corrected chi connectivity index (χ3v) is 4.17. The first-order chi connectivity index (χ1) is 11.0. The van der Waals surface area contributed by atoms with Crippen molar-refractivity contribution in [2.24, 2.45) is 5.92 Å². The average Bonchev–Trinajstić information content (AvgIpc) is 3.29. The number of nitrogens with zero attached hydrogens (tertiary/aromatic N) is 2. The predicted octanol–water partition coefficient (Wildman–Crippen LogP) is 1.55. The Morgan fingerprint density at radius 1 is 1.43 bits per heavy atom. The van der Waals surface area contributed by atoms with Crippen LogP contribution in [0.1, 0.15) is 19.3 Å². The number of amides is 2. The second-order valence-corrected chi connectivity index (χ2v) is 5.81. The monoisotopic (exact) mass is 319 g/mol. The van der Waals surface area contributed by atoms with Gasteiger partial charge in [-0.15, -0.1) is 0 Å². The summed E-state index contributed by atoms with van der Waals surface area (Å²) in [6.07, 6.45) is 2.18. The number of non-ortho nitro benzene ring substituents is 1. The first-order valence-corrected chi connectivity index (χ1v) is 7.42. The zero-order valence-electron chi connectivity index (χ0n) is 12.7. The van der Waals surface area contributed by atoms with E-state index in [1.54, 1.807) is 4.90 Å². The van der Waals surface area contributed by atoms with Gasteiger partial charge in [-0.25, -0.2) is 0 Å². The van der Waals surface area contributed by atoms with Crippen molar-refractivity contribution < 1.29 is 19.2 Å². The molecule has 0 spiro atoms. The van der Waals surface area contributed by atoms with E-state index in [4.69, 9.17) is 4.74 Å². The minimum absolute atomic E-state index is 0.00124. The third kappa shape index (κ3) is 3.10. The van der Waals surface area contributed by atoms with Gasteiger partial charge in [-0.05, 0) is 18.9 Å². The molecule has 1 N–H and O–H groups in total. The smallest absolute Gasteiger partial charge is 0.271 e. The number of rotatable bonds is 5. The summed E-state index contributed by atoms with van der Waals surface area (Å²) < 4.78 is 5.12. The van der Waals surface area contributed by atoms with Gasteiger partial charge in [0.15, 0.2) is 0 Å². The number of nitro groups is 1. The van der Waals surface area contributed by atoms with Crippen LogP contribution >= 0.6 is 0 Å². The fourth-order valence-corrected chi connectivity index (χ4v) is 2.79. The summed E-state index contributed by atoms with van der Waals surface area (Å²) in [6, 6.07) is 4.28. The Bertz CT molecular complexity index is 671. The molecule has 1 atom stereocenters. The number of carbonyl (C=O) groups excluding carboxylic acids is 2. The molecular weight excluding hydrogens is 302 g/mol. The topological polar surface area (TPSA) is 102 Å². The first-order valence-electron chi connectivity index (χ1n) is 7.42. The molecule has 1 aliphatic carbocycles. The number of likely N-dealkylation sites (tertiary alicyclic amines) is 1. The van der Waals surface area contributed by atoms with Crippen molar-refractivity contribution in [1.29, 1.82) is 0 Å². The van der Waals surface area contributed by atoms with Gasteiger partial charge >= 0.3 is 0 Å². The number of methoxy groups -OCH3 is 1. The lowest BCUT2D eigenvalue weighted by Gasteiger charge is -2.16. The molecule has 8 heteroatoms. The molecule has 23 heavy (non-hydrogen) atoms. The van der Waals surface area contributed by atoms with Gasteiger partial charge in [-0.1, -0.05) is 0 Å². The summed E-state index contributed by atoms with van der Waals surface area (Å²) in [5.74, 6) is -0.418. The van der Waals surface area contributed by atoms with Crippen LogP contribution in [-0.4, -0.2) is 41.3 Å². The van der Waals surface area contributed by atoms with Gasteiger partial charge in [0.05, 0.1) is 23.6 Å². The van der Waals surface area contributed by atoms with E-state index >= 15 is 0 Å². The Hall–Kier alpha value is -2.64. The standard InChI is InChI=1S/C15H17N3O5/c1-23-13-5-4-11(18(21)22)7-12(13)16-15(20)9-6-14(19)17(8-9)10-2-3-10/h4-5,7,9-10H,2-3,6,8H2,1H3,(H,16,20). The highest BCUT2D eigenvalue weighted by molar-refractivity contribution is 5.98. The molecule has 1 aliphatic heterocycles.